The summed E-state index contributed by atoms with van der Waals surface area (Å²) in [7, 11) is 0. The van der Waals surface area contributed by atoms with Gasteiger partial charge >= 0.3 is 0 Å². The van der Waals surface area contributed by atoms with Crippen LogP contribution in [0.2, 0.25) is 0 Å². The van der Waals surface area contributed by atoms with Crippen molar-refractivity contribution in [2.75, 3.05) is 24.7 Å². The van der Waals surface area contributed by atoms with Gasteiger partial charge in [-0.3, -0.25) is 14.6 Å². The van der Waals surface area contributed by atoms with Gasteiger partial charge in [-0.05, 0) is 18.1 Å². The van der Waals surface area contributed by atoms with E-state index in [2.05, 4.69) is 10.3 Å². The quantitative estimate of drug-likeness (QED) is 0.906. The predicted octanol–water partition coefficient (Wildman–Crippen LogP) is 1.43. The molecule has 1 saturated heterocycles. The highest BCUT2D eigenvalue weighted by Crippen LogP contribution is 2.16. The number of thioether (sulfide) groups is 1. The van der Waals surface area contributed by atoms with Crippen molar-refractivity contribution in [1.29, 1.82) is 0 Å². The third-order valence-corrected chi connectivity index (χ3v) is 4.54. The van der Waals surface area contributed by atoms with E-state index in [9.17, 15) is 9.59 Å². The lowest BCUT2D eigenvalue weighted by Crippen LogP contribution is -2.38. The van der Waals surface area contributed by atoms with Gasteiger partial charge in [0.15, 0.2) is 0 Å². The van der Waals surface area contributed by atoms with E-state index in [1.165, 1.54) is 0 Å². The summed E-state index contributed by atoms with van der Waals surface area (Å²) in [6.07, 6.45) is 2.50. The Bertz CT molecular complexity index is 699. The number of carbonyl (C=O) groups is 2. The summed E-state index contributed by atoms with van der Waals surface area (Å²) in [5, 5.41) is 3.98. The van der Waals surface area contributed by atoms with E-state index in [4.69, 9.17) is 0 Å². The van der Waals surface area contributed by atoms with Crippen molar-refractivity contribution >= 4 is 34.5 Å². The molecule has 6 heteroatoms. The van der Waals surface area contributed by atoms with Crippen LogP contribution in [0.15, 0.2) is 36.5 Å². The van der Waals surface area contributed by atoms with E-state index in [0.29, 0.717) is 18.2 Å². The first kappa shape index (κ1) is 14.8. The maximum Gasteiger partial charge on any atom is 0.239 e. The molecule has 2 aromatic rings. The first-order chi connectivity index (χ1) is 10.7. The lowest BCUT2D eigenvalue weighted by Gasteiger charge is -2.14. The van der Waals surface area contributed by atoms with Gasteiger partial charge in [-0.1, -0.05) is 24.3 Å². The Kier molecular flexibility index (Phi) is 4.58. The average molecular weight is 315 g/mol. The standard InChI is InChI=1S/C16H17N3O2S/c20-14(9-19-11-22-10-15(19)21)17-8-6-13-4-1-3-12-5-2-7-18-16(12)13/h1-5,7H,6,8-11H2,(H,17,20). The first-order valence-electron chi connectivity index (χ1n) is 7.19. The van der Waals surface area contributed by atoms with E-state index in [-0.39, 0.29) is 18.4 Å². The highest BCUT2D eigenvalue weighted by Gasteiger charge is 2.22. The van der Waals surface area contributed by atoms with E-state index in [1.54, 1.807) is 22.9 Å². The molecule has 2 heterocycles. The number of aromatic nitrogens is 1. The molecule has 0 saturated carbocycles. The van der Waals surface area contributed by atoms with Crippen molar-refractivity contribution in [2.45, 2.75) is 6.42 Å². The minimum Gasteiger partial charge on any atom is -0.354 e. The molecule has 1 fully saturated rings. The van der Waals surface area contributed by atoms with Gasteiger partial charge in [0.2, 0.25) is 11.8 Å². The van der Waals surface area contributed by atoms with E-state index in [0.717, 1.165) is 22.9 Å². The van der Waals surface area contributed by atoms with Gasteiger partial charge in [-0.15, -0.1) is 11.8 Å². The molecule has 0 atom stereocenters. The molecular weight excluding hydrogens is 298 g/mol. The highest BCUT2D eigenvalue weighted by atomic mass is 32.2. The Hall–Kier alpha value is -2.08. The van der Waals surface area contributed by atoms with E-state index >= 15 is 0 Å². The first-order valence-corrected chi connectivity index (χ1v) is 8.34. The van der Waals surface area contributed by atoms with Gasteiger partial charge in [0.25, 0.3) is 0 Å². The van der Waals surface area contributed by atoms with Crippen LogP contribution < -0.4 is 5.32 Å². The second-order valence-electron chi connectivity index (χ2n) is 5.16. The van der Waals surface area contributed by atoms with Crippen LogP contribution in [0.5, 0.6) is 0 Å². The number of nitrogens with one attached hydrogen (secondary N) is 1. The Morgan fingerprint density at radius 2 is 2.18 bits per heavy atom. The molecule has 5 nitrogen and oxygen atoms in total. The second-order valence-corrected chi connectivity index (χ2v) is 6.12. The summed E-state index contributed by atoms with van der Waals surface area (Å²) in [6, 6.07) is 10.0. The van der Waals surface area contributed by atoms with Gasteiger partial charge in [0, 0.05) is 18.1 Å². The number of fused-ring (bicyclic) bond motifs is 1. The number of benzene rings is 1. The Morgan fingerprint density at radius 3 is 3.00 bits per heavy atom. The molecule has 3 rings (SSSR count). The van der Waals surface area contributed by atoms with Crippen LogP contribution in [-0.4, -0.2) is 46.4 Å². The smallest absolute Gasteiger partial charge is 0.239 e. The molecule has 1 N–H and O–H groups in total. The fourth-order valence-electron chi connectivity index (χ4n) is 2.48. The number of para-hydroxylation sites is 1. The second kappa shape index (κ2) is 6.79. The van der Waals surface area contributed by atoms with Gasteiger partial charge in [-0.2, -0.15) is 0 Å². The van der Waals surface area contributed by atoms with Crippen LogP contribution in [-0.2, 0) is 16.0 Å². The highest BCUT2D eigenvalue weighted by molar-refractivity contribution is 8.00. The molecule has 1 aliphatic heterocycles. The van der Waals surface area contributed by atoms with Crippen molar-refractivity contribution in [3.8, 4) is 0 Å². The minimum atomic E-state index is -0.107. The lowest BCUT2D eigenvalue weighted by atomic mass is 10.1. The van der Waals surface area contributed by atoms with Crippen LogP contribution >= 0.6 is 11.8 Å². The zero-order valence-corrected chi connectivity index (χ0v) is 12.9. The van der Waals surface area contributed by atoms with Crippen LogP contribution in [0.1, 0.15) is 5.56 Å². The predicted molar refractivity (Wildman–Crippen MR) is 87.5 cm³/mol. The van der Waals surface area contributed by atoms with Crippen LogP contribution in [0.25, 0.3) is 10.9 Å². The summed E-state index contributed by atoms with van der Waals surface area (Å²) < 4.78 is 0. The molecule has 1 aliphatic rings. The number of hydrogen-bond donors (Lipinski definition) is 1. The number of rotatable bonds is 5. The number of carbonyl (C=O) groups excluding carboxylic acids is 2. The zero-order valence-electron chi connectivity index (χ0n) is 12.1. The monoisotopic (exact) mass is 315 g/mol. The van der Waals surface area contributed by atoms with Crippen molar-refractivity contribution < 1.29 is 9.59 Å². The number of pyridine rings is 1. The number of hydrogen-bond acceptors (Lipinski definition) is 4. The topological polar surface area (TPSA) is 62.3 Å². The Morgan fingerprint density at radius 1 is 1.32 bits per heavy atom. The van der Waals surface area contributed by atoms with Gasteiger partial charge < -0.3 is 10.2 Å². The van der Waals surface area contributed by atoms with Crippen LogP contribution in [0, 0.1) is 0 Å². The average Bonchev–Trinajstić information content (AvgIpc) is 2.93. The van der Waals surface area contributed by atoms with Crippen molar-refractivity contribution in [2.24, 2.45) is 0 Å². The van der Waals surface area contributed by atoms with Gasteiger partial charge in [-0.25, -0.2) is 0 Å². The van der Waals surface area contributed by atoms with Crippen molar-refractivity contribution in [1.82, 2.24) is 15.2 Å². The molecule has 22 heavy (non-hydrogen) atoms. The SMILES string of the molecule is O=C(CN1CSCC1=O)NCCc1cccc2cccnc12. The summed E-state index contributed by atoms with van der Waals surface area (Å²) in [6.45, 7) is 0.698. The largest absolute Gasteiger partial charge is 0.354 e. The Balaban J connectivity index is 1.54. The van der Waals surface area contributed by atoms with E-state index in [1.807, 2.05) is 30.3 Å². The molecule has 0 spiro atoms. The molecule has 1 aromatic heterocycles. The van der Waals surface area contributed by atoms with Crippen molar-refractivity contribution in [3.05, 3.63) is 42.1 Å². The summed E-state index contributed by atoms with van der Waals surface area (Å²) >= 11 is 1.54. The van der Waals surface area contributed by atoms with Gasteiger partial charge in [0.1, 0.15) is 6.54 Å². The fraction of sp³-hybridized carbons (Fsp3) is 0.312. The van der Waals surface area contributed by atoms with Crippen LogP contribution in [0.4, 0.5) is 0 Å². The van der Waals surface area contributed by atoms with Crippen LogP contribution in [0.3, 0.4) is 0 Å². The number of amides is 2. The summed E-state index contributed by atoms with van der Waals surface area (Å²) in [5.74, 6) is 1.02. The molecule has 2 amide bonds. The summed E-state index contributed by atoms with van der Waals surface area (Å²) in [5.41, 5.74) is 2.09. The molecule has 1 aromatic carbocycles. The van der Waals surface area contributed by atoms with E-state index < -0.39 is 0 Å². The lowest BCUT2D eigenvalue weighted by molar-refractivity contribution is -0.132. The molecule has 0 bridgehead atoms. The molecule has 114 valence electrons. The van der Waals surface area contributed by atoms with Crippen molar-refractivity contribution in [3.63, 3.8) is 0 Å². The van der Waals surface area contributed by atoms with Gasteiger partial charge in [0.05, 0.1) is 17.1 Å². The molecule has 0 radical (unpaired) electrons. The number of nitrogens with zero attached hydrogens (tertiary/aromatic N) is 2. The minimum absolute atomic E-state index is 0.0402. The third kappa shape index (κ3) is 3.39. The normalized spacial score (nSPS) is 14.5. The Labute approximate surface area is 133 Å². The maximum atomic E-state index is 11.9. The maximum absolute atomic E-state index is 11.9. The molecular formula is C16H17N3O2S. The fourth-order valence-corrected chi connectivity index (χ4v) is 3.38. The molecule has 0 aliphatic carbocycles. The summed E-state index contributed by atoms with van der Waals surface area (Å²) in [4.78, 5) is 29.3. The zero-order chi connectivity index (χ0) is 15.4. The third-order valence-electron chi connectivity index (χ3n) is 3.59. The molecule has 0 unspecified atom stereocenters.